The largest absolute Gasteiger partial charge is 0.395 e. The number of benzene rings is 2. The van der Waals surface area contributed by atoms with E-state index in [9.17, 15) is 38.9 Å². The first kappa shape index (κ1) is 28.2. The van der Waals surface area contributed by atoms with Gasteiger partial charge in [-0.25, -0.2) is 8.42 Å². The summed E-state index contributed by atoms with van der Waals surface area (Å²) in [6.45, 7) is -1.53. The van der Waals surface area contributed by atoms with Crippen LogP contribution in [-0.2, 0) is 21.3 Å². The molecule has 2 aromatic carbocycles. The van der Waals surface area contributed by atoms with Crippen molar-refractivity contribution in [2.75, 3.05) is 37.8 Å². The Morgan fingerprint density at radius 3 is 1.46 bits per heavy atom. The molecule has 0 saturated heterocycles. The summed E-state index contributed by atoms with van der Waals surface area (Å²) >= 11 is 0. The third-order valence-corrected chi connectivity index (χ3v) is 6.70. The first-order valence-corrected chi connectivity index (χ1v) is 12.0. The van der Waals surface area contributed by atoms with Crippen LogP contribution in [0.3, 0.4) is 0 Å². The summed E-state index contributed by atoms with van der Waals surface area (Å²) in [7, 11) is -4.45. The molecular formula is C20H26N4O10S. The van der Waals surface area contributed by atoms with Crippen LogP contribution in [0.15, 0.2) is 48.5 Å². The van der Waals surface area contributed by atoms with Crippen LogP contribution in [0.5, 0.6) is 0 Å². The van der Waals surface area contributed by atoms with E-state index in [0.29, 0.717) is 0 Å². The molecule has 0 aliphatic rings. The fourth-order valence-corrected chi connectivity index (χ4v) is 5.35. The Labute approximate surface area is 200 Å². The lowest BCUT2D eigenvalue weighted by molar-refractivity contribution is -0.385. The second-order valence-electron chi connectivity index (χ2n) is 7.67. The minimum Gasteiger partial charge on any atom is -0.395 e. The monoisotopic (exact) mass is 514 g/mol. The van der Waals surface area contributed by atoms with Crippen molar-refractivity contribution in [3.05, 3.63) is 79.9 Å². The van der Waals surface area contributed by atoms with E-state index in [0.717, 1.165) is 24.3 Å². The number of hydrogen-bond acceptors (Lipinski definition) is 12. The van der Waals surface area contributed by atoms with Gasteiger partial charge in [0.15, 0.2) is 21.3 Å². The summed E-state index contributed by atoms with van der Waals surface area (Å²) in [6, 6.07) is 9.22. The maximum Gasteiger partial charge on any atom is 0.269 e. The summed E-state index contributed by atoms with van der Waals surface area (Å²) in [5, 5.41) is 67.8. The fraction of sp³-hybridized carbons (Fsp3) is 0.400. The van der Waals surface area contributed by atoms with Crippen molar-refractivity contribution in [3.8, 4) is 0 Å². The van der Waals surface area contributed by atoms with Gasteiger partial charge in [0.1, 0.15) is 0 Å². The molecule has 0 bridgehead atoms. The number of aliphatic hydroxyl groups excluding tert-OH is 2. The molecular weight excluding hydrogens is 488 g/mol. The van der Waals surface area contributed by atoms with Gasteiger partial charge in [-0.05, 0) is 0 Å². The van der Waals surface area contributed by atoms with Crippen molar-refractivity contribution in [3.63, 3.8) is 0 Å². The number of rotatable bonds is 14. The lowest BCUT2D eigenvalue weighted by Crippen LogP contribution is -2.53. The van der Waals surface area contributed by atoms with E-state index in [4.69, 9.17) is 10.2 Å². The lowest BCUT2D eigenvalue weighted by atomic mass is 10.0. The van der Waals surface area contributed by atoms with Gasteiger partial charge in [-0.15, -0.1) is 0 Å². The minimum absolute atomic E-state index is 0.175. The normalized spacial score (nSPS) is 15.2. The second-order valence-corrected chi connectivity index (χ2v) is 9.73. The molecule has 0 spiro atoms. The number of nitro groups is 2. The molecule has 0 heterocycles. The smallest absolute Gasteiger partial charge is 0.269 e. The fourth-order valence-electron chi connectivity index (χ4n) is 3.44. The van der Waals surface area contributed by atoms with Gasteiger partial charge in [-0.3, -0.25) is 30.9 Å². The van der Waals surface area contributed by atoms with E-state index >= 15 is 0 Å². The Balaban J connectivity index is 2.47. The second kappa shape index (κ2) is 11.6. The van der Waals surface area contributed by atoms with Gasteiger partial charge in [0.05, 0.1) is 34.6 Å². The van der Waals surface area contributed by atoms with Crippen LogP contribution in [0.2, 0.25) is 0 Å². The third-order valence-electron chi connectivity index (χ3n) is 4.99. The zero-order valence-electron chi connectivity index (χ0n) is 18.4. The number of non-ortho nitro benzene ring substituents is 2. The van der Waals surface area contributed by atoms with Crippen molar-refractivity contribution in [2.45, 2.75) is 11.4 Å². The maximum atomic E-state index is 13.2. The summed E-state index contributed by atoms with van der Waals surface area (Å²) in [5.74, 6) is -2.17. The summed E-state index contributed by atoms with van der Waals surface area (Å²) in [6.07, 6.45) is 0. The highest BCUT2D eigenvalue weighted by atomic mass is 32.2. The molecule has 15 heteroatoms. The van der Waals surface area contributed by atoms with E-state index in [-0.39, 0.29) is 24.2 Å². The molecule has 2 unspecified atom stereocenters. The van der Waals surface area contributed by atoms with Gasteiger partial charge in [0.25, 0.3) is 11.4 Å². The number of hydrogen-bond donors (Lipinski definition) is 6. The molecule has 0 radical (unpaired) electrons. The average Bonchev–Trinajstić information content (AvgIpc) is 2.81. The molecule has 35 heavy (non-hydrogen) atoms. The van der Waals surface area contributed by atoms with Gasteiger partial charge in [-0.2, -0.15) is 0 Å². The molecule has 6 N–H and O–H groups in total. The van der Waals surface area contributed by atoms with E-state index in [2.05, 4.69) is 10.6 Å². The van der Waals surface area contributed by atoms with Gasteiger partial charge < -0.3 is 20.4 Å². The summed E-state index contributed by atoms with van der Waals surface area (Å²) in [5.41, 5.74) is -5.97. The highest BCUT2D eigenvalue weighted by Crippen LogP contribution is 2.28. The molecule has 0 fully saturated rings. The molecule has 0 aliphatic carbocycles. The van der Waals surface area contributed by atoms with Crippen molar-refractivity contribution in [2.24, 2.45) is 0 Å². The Kier molecular flexibility index (Phi) is 9.33. The van der Waals surface area contributed by atoms with Crippen LogP contribution in [0, 0.1) is 20.2 Å². The zero-order chi connectivity index (χ0) is 26.3. The molecule has 2 rings (SSSR count). The van der Waals surface area contributed by atoms with Crippen LogP contribution >= 0.6 is 0 Å². The number of aliphatic hydroxyl groups is 4. The van der Waals surface area contributed by atoms with Crippen molar-refractivity contribution >= 4 is 21.2 Å². The van der Waals surface area contributed by atoms with E-state index in [1.54, 1.807) is 0 Å². The van der Waals surface area contributed by atoms with Crippen LogP contribution in [-0.4, -0.2) is 76.5 Å². The molecule has 14 nitrogen and oxygen atoms in total. The number of nitrogens with zero attached hydrogens (tertiary/aromatic N) is 2. The number of nitro benzene ring substituents is 2. The van der Waals surface area contributed by atoms with Gasteiger partial charge in [-0.1, -0.05) is 24.3 Å². The van der Waals surface area contributed by atoms with Crippen LogP contribution in [0.25, 0.3) is 0 Å². The van der Waals surface area contributed by atoms with Crippen molar-refractivity contribution < 1.29 is 38.7 Å². The van der Waals surface area contributed by atoms with Crippen LogP contribution in [0.4, 0.5) is 11.4 Å². The summed E-state index contributed by atoms with van der Waals surface area (Å²) in [4.78, 5) is 20.8. The van der Waals surface area contributed by atoms with Crippen molar-refractivity contribution in [1.29, 1.82) is 0 Å². The highest BCUT2D eigenvalue weighted by Gasteiger charge is 2.41. The highest BCUT2D eigenvalue weighted by molar-refractivity contribution is 7.91. The molecule has 2 aromatic rings. The van der Waals surface area contributed by atoms with Gasteiger partial charge in [0.2, 0.25) is 0 Å². The molecule has 0 aliphatic heterocycles. The quantitative estimate of drug-likeness (QED) is 0.102. The summed E-state index contributed by atoms with van der Waals surface area (Å²) < 4.78 is 26.4. The Morgan fingerprint density at radius 1 is 0.771 bits per heavy atom. The molecule has 2 atom stereocenters. The Morgan fingerprint density at radius 2 is 1.14 bits per heavy atom. The average molecular weight is 515 g/mol. The number of nitrogens with one attached hydrogen (secondary N) is 2. The minimum atomic E-state index is -4.45. The molecule has 0 aromatic heterocycles. The molecule has 192 valence electrons. The first-order chi connectivity index (χ1) is 16.4. The van der Waals surface area contributed by atoms with Crippen molar-refractivity contribution in [1.82, 2.24) is 10.6 Å². The maximum absolute atomic E-state index is 13.2. The van der Waals surface area contributed by atoms with E-state index in [1.165, 1.54) is 24.3 Å². The molecule has 0 saturated carbocycles. The van der Waals surface area contributed by atoms with Crippen LogP contribution < -0.4 is 10.6 Å². The van der Waals surface area contributed by atoms with Gasteiger partial charge in [0, 0.05) is 48.5 Å². The first-order valence-electron chi connectivity index (χ1n) is 10.2. The lowest BCUT2D eigenvalue weighted by Gasteiger charge is -2.33. The predicted molar refractivity (Wildman–Crippen MR) is 123 cm³/mol. The predicted octanol–water partition coefficient (Wildman–Crippen LogP) is -0.928. The topological polar surface area (TPSA) is 225 Å². The Hall–Kier alpha value is -3.05. The van der Waals surface area contributed by atoms with E-state index in [1.807, 2.05) is 0 Å². The Bertz CT molecular complexity index is 1080. The molecule has 0 amide bonds. The van der Waals surface area contributed by atoms with Crippen LogP contribution in [0.1, 0.15) is 11.1 Å². The third kappa shape index (κ3) is 7.46. The van der Waals surface area contributed by atoms with E-state index < -0.39 is 67.2 Å². The standard InChI is InChI=1S/C20H26N4O10S/c25-9-7-21-19(27,15-3-1-5-17(11-15)23(29)30)13-35(33,34)14-20(28,22-8-10-26)16-4-2-6-18(12-16)24(31)32/h1-6,11-12,21-22,25-28H,7-10,13-14H2. The zero-order valence-corrected chi connectivity index (χ0v) is 19.2. The van der Waals surface area contributed by atoms with Gasteiger partial charge >= 0.3 is 0 Å². The number of sulfone groups is 1. The SMILES string of the molecule is O=[N+]([O-])c1cccc(C(O)(CS(=O)(=O)CC(O)(NCCO)c2cccc([N+](=O)[O-])c2)NCCO)c1.